The van der Waals surface area contributed by atoms with Crippen molar-refractivity contribution in [2.24, 2.45) is 5.92 Å². The maximum atomic E-state index is 4.33. The summed E-state index contributed by atoms with van der Waals surface area (Å²) < 4.78 is 0. The lowest BCUT2D eigenvalue weighted by Gasteiger charge is -2.22. The standard InChI is InChI=1S/C33H42N2.C3H8/c1-5-28(15-12-27-8-6-7-9-27)25(3)35-26(4)29-16-18-31(19-17-29)33(32-20-22-34-23-21-32)30-13-10-24(2)11-14-30;1-3-2/h5,10-11,13-19,26-27,34-35H,1,3,6-9,12,20-23H2,2,4H3;3H2,1-2H3/b28-15+;/t26-;/m1./s1. The Hall–Kier alpha value is -2.84. The van der Waals surface area contributed by atoms with E-state index < -0.39 is 0 Å². The molecule has 1 atom stereocenters. The van der Waals surface area contributed by atoms with Gasteiger partial charge in [0, 0.05) is 11.7 Å². The van der Waals surface area contributed by atoms with Gasteiger partial charge < -0.3 is 10.6 Å². The zero-order valence-corrected chi connectivity index (χ0v) is 24.4. The van der Waals surface area contributed by atoms with Crippen molar-refractivity contribution >= 4 is 5.57 Å². The Balaban J connectivity index is 0.00000127. The molecule has 2 aliphatic rings. The molecule has 1 aliphatic heterocycles. The average molecular weight is 511 g/mol. The van der Waals surface area contributed by atoms with Gasteiger partial charge in [-0.2, -0.15) is 0 Å². The van der Waals surface area contributed by atoms with E-state index in [2.05, 4.69) is 106 Å². The Kier molecular flexibility index (Phi) is 12.2. The van der Waals surface area contributed by atoms with E-state index in [1.165, 1.54) is 59.9 Å². The summed E-state index contributed by atoms with van der Waals surface area (Å²) in [7, 11) is 0. The molecule has 2 nitrogen and oxygen atoms in total. The fourth-order valence-electron chi connectivity index (χ4n) is 5.51. The minimum absolute atomic E-state index is 0.181. The van der Waals surface area contributed by atoms with Crippen LogP contribution in [0.4, 0.5) is 0 Å². The molecule has 2 heteroatoms. The highest BCUT2D eigenvalue weighted by molar-refractivity contribution is 5.82. The van der Waals surface area contributed by atoms with Crippen LogP contribution in [0.5, 0.6) is 0 Å². The van der Waals surface area contributed by atoms with Crippen LogP contribution in [-0.2, 0) is 0 Å². The van der Waals surface area contributed by atoms with Crippen molar-refractivity contribution in [1.82, 2.24) is 10.6 Å². The number of benzene rings is 2. The molecular weight excluding hydrogens is 460 g/mol. The summed E-state index contributed by atoms with van der Waals surface area (Å²) in [5.41, 5.74) is 10.3. The molecule has 2 fully saturated rings. The second-order valence-electron chi connectivity index (χ2n) is 11.0. The first-order valence-electron chi connectivity index (χ1n) is 14.8. The van der Waals surface area contributed by atoms with Crippen LogP contribution in [0, 0.1) is 12.8 Å². The minimum Gasteiger partial charge on any atom is -0.379 e. The Bertz CT molecular complexity index is 1070. The largest absolute Gasteiger partial charge is 0.379 e. The maximum Gasteiger partial charge on any atom is 0.0485 e. The molecule has 2 aromatic rings. The van der Waals surface area contributed by atoms with Crippen molar-refractivity contribution in [2.75, 3.05) is 13.1 Å². The lowest BCUT2D eigenvalue weighted by molar-refractivity contribution is 0.556. The quantitative estimate of drug-likeness (QED) is 0.328. The second-order valence-corrected chi connectivity index (χ2v) is 11.0. The minimum atomic E-state index is 0.181. The average Bonchev–Trinajstić information content (AvgIpc) is 3.45. The Morgan fingerprint density at radius 3 is 2.08 bits per heavy atom. The first-order valence-corrected chi connectivity index (χ1v) is 14.8. The summed E-state index contributed by atoms with van der Waals surface area (Å²) in [6, 6.07) is 18.3. The Morgan fingerprint density at radius 2 is 1.53 bits per heavy atom. The zero-order chi connectivity index (χ0) is 27.3. The van der Waals surface area contributed by atoms with Gasteiger partial charge in [-0.3, -0.25) is 0 Å². The molecule has 1 aliphatic carbocycles. The SMILES string of the molecule is C=C/C(=C\CC1CCCC1)C(=C)N[C@H](C)c1ccc(C(=C2CCNCC2)c2ccc(C)cc2)cc1.CCC. The molecule has 0 radical (unpaired) electrons. The molecule has 0 aromatic heterocycles. The van der Waals surface area contributed by atoms with E-state index in [-0.39, 0.29) is 6.04 Å². The number of hydrogen-bond donors (Lipinski definition) is 2. The van der Waals surface area contributed by atoms with Gasteiger partial charge in [0.05, 0.1) is 0 Å². The summed E-state index contributed by atoms with van der Waals surface area (Å²) in [5.74, 6) is 0.833. The third kappa shape index (κ3) is 8.60. The van der Waals surface area contributed by atoms with Crippen LogP contribution in [0.3, 0.4) is 0 Å². The van der Waals surface area contributed by atoms with Crippen LogP contribution in [-0.4, -0.2) is 13.1 Å². The van der Waals surface area contributed by atoms with Gasteiger partial charge in [-0.15, -0.1) is 0 Å². The summed E-state index contributed by atoms with van der Waals surface area (Å²) in [6.07, 6.45) is 14.4. The van der Waals surface area contributed by atoms with Gasteiger partial charge in [-0.05, 0) is 80.0 Å². The van der Waals surface area contributed by atoms with Crippen LogP contribution in [0.25, 0.3) is 5.57 Å². The first kappa shape index (κ1) is 29.7. The summed E-state index contributed by atoms with van der Waals surface area (Å²) >= 11 is 0. The molecule has 0 bridgehead atoms. The molecule has 2 N–H and O–H groups in total. The number of allylic oxidation sites excluding steroid dienone is 2. The highest BCUT2D eigenvalue weighted by Gasteiger charge is 2.16. The van der Waals surface area contributed by atoms with Crippen LogP contribution < -0.4 is 10.6 Å². The molecule has 2 aromatic carbocycles. The molecule has 1 saturated heterocycles. The predicted molar refractivity (Wildman–Crippen MR) is 167 cm³/mol. The second kappa shape index (κ2) is 15.5. The smallest absolute Gasteiger partial charge is 0.0485 e. The highest BCUT2D eigenvalue weighted by atomic mass is 14.9. The van der Waals surface area contributed by atoms with Crippen molar-refractivity contribution < 1.29 is 0 Å². The first-order chi connectivity index (χ1) is 18.5. The summed E-state index contributed by atoms with van der Waals surface area (Å²) in [6.45, 7) is 19.1. The van der Waals surface area contributed by atoms with Crippen LogP contribution >= 0.6 is 0 Å². The van der Waals surface area contributed by atoms with E-state index in [0.717, 1.165) is 49.5 Å². The van der Waals surface area contributed by atoms with Crippen molar-refractivity contribution in [1.29, 1.82) is 0 Å². The zero-order valence-electron chi connectivity index (χ0n) is 24.4. The highest BCUT2D eigenvalue weighted by Crippen LogP contribution is 2.32. The van der Waals surface area contributed by atoms with E-state index in [9.17, 15) is 0 Å². The normalized spacial score (nSPS) is 16.8. The van der Waals surface area contributed by atoms with Crippen LogP contribution in [0.15, 0.2) is 90.7 Å². The number of aryl methyl sites for hydroxylation is 1. The fraction of sp³-hybridized carbons (Fsp3) is 0.444. The van der Waals surface area contributed by atoms with E-state index in [4.69, 9.17) is 0 Å². The fourth-order valence-corrected chi connectivity index (χ4v) is 5.51. The van der Waals surface area contributed by atoms with E-state index in [1.807, 2.05) is 6.08 Å². The Morgan fingerprint density at radius 1 is 0.974 bits per heavy atom. The number of nitrogens with one attached hydrogen (secondary N) is 2. The molecule has 1 heterocycles. The molecule has 0 spiro atoms. The van der Waals surface area contributed by atoms with Gasteiger partial charge in [-0.25, -0.2) is 0 Å². The third-order valence-electron chi connectivity index (χ3n) is 7.71. The molecule has 0 amide bonds. The lowest BCUT2D eigenvalue weighted by atomic mass is 9.88. The molecule has 38 heavy (non-hydrogen) atoms. The summed E-state index contributed by atoms with van der Waals surface area (Å²) in [5, 5.41) is 7.12. The van der Waals surface area contributed by atoms with Crippen molar-refractivity contribution in [3.63, 3.8) is 0 Å². The monoisotopic (exact) mass is 510 g/mol. The van der Waals surface area contributed by atoms with Gasteiger partial charge in [0.2, 0.25) is 0 Å². The molecular formula is C36H50N2. The molecule has 4 rings (SSSR count). The van der Waals surface area contributed by atoms with Gasteiger partial charge in [0.15, 0.2) is 0 Å². The van der Waals surface area contributed by atoms with Gasteiger partial charge in [0.1, 0.15) is 0 Å². The lowest BCUT2D eigenvalue weighted by Crippen LogP contribution is -2.23. The van der Waals surface area contributed by atoms with Crippen molar-refractivity contribution in [3.05, 3.63) is 113 Å². The van der Waals surface area contributed by atoms with E-state index in [0.29, 0.717) is 0 Å². The molecule has 204 valence electrons. The van der Waals surface area contributed by atoms with Crippen LogP contribution in [0.1, 0.15) is 100 Å². The molecule has 0 unspecified atom stereocenters. The van der Waals surface area contributed by atoms with Crippen LogP contribution in [0.2, 0.25) is 0 Å². The van der Waals surface area contributed by atoms with Gasteiger partial charge in [0.25, 0.3) is 0 Å². The van der Waals surface area contributed by atoms with E-state index >= 15 is 0 Å². The summed E-state index contributed by atoms with van der Waals surface area (Å²) in [4.78, 5) is 0. The predicted octanol–water partition coefficient (Wildman–Crippen LogP) is 9.45. The maximum absolute atomic E-state index is 4.33. The number of rotatable bonds is 9. The van der Waals surface area contributed by atoms with Crippen molar-refractivity contribution in [3.8, 4) is 0 Å². The number of piperidine rings is 1. The third-order valence-corrected chi connectivity index (χ3v) is 7.71. The van der Waals surface area contributed by atoms with Gasteiger partial charge in [-0.1, -0.05) is 131 Å². The van der Waals surface area contributed by atoms with Gasteiger partial charge >= 0.3 is 0 Å². The van der Waals surface area contributed by atoms with E-state index in [1.54, 1.807) is 5.57 Å². The van der Waals surface area contributed by atoms with Crippen molar-refractivity contribution in [2.45, 2.75) is 85.1 Å². The molecule has 1 saturated carbocycles. The number of hydrogen-bond acceptors (Lipinski definition) is 2. The topological polar surface area (TPSA) is 24.1 Å². The Labute approximate surface area is 233 Å².